The van der Waals surface area contributed by atoms with Gasteiger partial charge in [-0.1, -0.05) is 12.1 Å². The van der Waals surface area contributed by atoms with Crippen molar-refractivity contribution in [3.63, 3.8) is 0 Å². The maximum absolute atomic E-state index is 3.36. The van der Waals surface area contributed by atoms with Crippen LogP contribution in [0.15, 0.2) is 24.4 Å². The topological polar surface area (TPSA) is 19.0 Å². The minimum atomic E-state index is 0. The Morgan fingerprint density at radius 2 is 1.94 bits per heavy atom. The van der Waals surface area contributed by atoms with Gasteiger partial charge in [-0.15, -0.1) is 12.4 Å². The van der Waals surface area contributed by atoms with Crippen molar-refractivity contribution in [1.82, 2.24) is 9.88 Å². The van der Waals surface area contributed by atoms with Gasteiger partial charge in [-0.3, -0.25) is 0 Å². The third kappa shape index (κ3) is 1.62. The first-order chi connectivity index (χ1) is 7.25. The third-order valence-corrected chi connectivity index (χ3v) is 3.52. The highest BCUT2D eigenvalue weighted by Crippen LogP contribution is 2.30. The van der Waals surface area contributed by atoms with Gasteiger partial charge in [-0.2, -0.15) is 0 Å². The van der Waals surface area contributed by atoms with E-state index in [4.69, 9.17) is 0 Å². The summed E-state index contributed by atoms with van der Waals surface area (Å²) in [5.74, 6) is 0. The highest BCUT2D eigenvalue weighted by molar-refractivity contribution is 5.87. The van der Waals surface area contributed by atoms with Gasteiger partial charge in [0.1, 0.15) is 0 Å². The number of aromatic nitrogens is 1. The van der Waals surface area contributed by atoms with Crippen LogP contribution in [0.1, 0.15) is 11.1 Å². The van der Waals surface area contributed by atoms with E-state index >= 15 is 0 Å². The minimum absolute atomic E-state index is 0. The second kappa shape index (κ2) is 4.11. The first-order valence-electron chi connectivity index (χ1n) is 5.50. The molecule has 2 nitrogen and oxygen atoms in total. The summed E-state index contributed by atoms with van der Waals surface area (Å²) in [5.41, 5.74) is 4.26. The average molecular weight is 237 g/mol. The van der Waals surface area contributed by atoms with Gasteiger partial charge >= 0.3 is 0 Å². The lowest BCUT2D eigenvalue weighted by Crippen LogP contribution is -2.33. The lowest BCUT2D eigenvalue weighted by Gasteiger charge is -2.28. The number of benzene rings is 1. The number of halogens is 1. The van der Waals surface area contributed by atoms with Gasteiger partial charge in [0, 0.05) is 23.1 Å². The molecule has 16 heavy (non-hydrogen) atoms. The second-order valence-electron chi connectivity index (χ2n) is 4.68. The van der Waals surface area contributed by atoms with Crippen molar-refractivity contribution in [2.45, 2.75) is 18.9 Å². The van der Waals surface area contributed by atoms with Gasteiger partial charge in [-0.05, 0) is 44.1 Å². The fraction of sp³-hybridized carbons (Fsp3) is 0.385. The van der Waals surface area contributed by atoms with Gasteiger partial charge in [0.25, 0.3) is 0 Å². The van der Waals surface area contributed by atoms with Crippen LogP contribution in [0, 0.1) is 0 Å². The Bertz CT molecular complexity index is 502. The number of aromatic amines is 1. The SMILES string of the molecule is CN(C)C1Cc2cccc3[nH]cc(c23)C1.Cl. The van der Waals surface area contributed by atoms with Crippen molar-refractivity contribution in [1.29, 1.82) is 0 Å². The number of hydrogen-bond donors (Lipinski definition) is 1. The lowest BCUT2D eigenvalue weighted by atomic mass is 9.89. The van der Waals surface area contributed by atoms with E-state index in [1.165, 1.54) is 34.9 Å². The van der Waals surface area contributed by atoms with Crippen molar-refractivity contribution < 1.29 is 0 Å². The summed E-state index contributed by atoms with van der Waals surface area (Å²) in [6.45, 7) is 0. The van der Waals surface area contributed by atoms with Gasteiger partial charge in [0.05, 0.1) is 0 Å². The Hall–Kier alpha value is -0.990. The Labute approximate surface area is 102 Å². The fourth-order valence-electron chi connectivity index (χ4n) is 2.61. The minimum Gasteiger partial charge on any atom is -0.361 e. The van der Waals surface area contributed by atoms with Crippen LogP contribution in [0.25, 0.3) is 10.9 Å². The average Bonchev–Trinajstić information content (AvgIpc) is 2.64. The van der Waals surface area contributed by atoms with Crippen LogP contribution in [-0.2, 0) is 12.8 Å². The van der Waals surface area contributed by atoms with Crippen molar-refractivity contribution in [3.8, 4) is 0 Å². The molecule has 2 aromatic rings. The fourth-order valence-corrected chi connectivity index (χ4v) is 2.61. The standard InChI is InChI=1S/C13H16N2.ClH/c1-15(2)11-6-9-4-3-5-12-13(9)10(7-11)8-14-12;/h3-5,8,11,14H,6-7H2,1-2H3;1H. The molecule has 0 fully saturated rings. The van der Waals surface area contributed by atoms with E-state index in [-0.39, 0.29) is 12.4 Å². The molecule has 1 N–H and O–H groups in total. The zero-order valence-electron chi connectivity index (χ0n) is 9.66. The molecule has 0 bridgehead atoms. The van der Waals surface area contributed by atoms with Gasteiger partial charge < -0.3 is 9.88 Å². The number of likely N-dealkylation sites (N-methyl/N-ethyl adjacent to an activating group) is 1. The lowest BCUT2D eigenvalue weighted by molar-refractivity contribution is 0.287. The normalized spacial score (nSPS) is 18.8. The summed E-state index contributed by atoms with van der Waals surface area (Å²) in [6.07, 6.45) is 4.52. The van der Waals surface area contributed by atoms with Crippen molar-refractivity contribution >= 4 is 23.3 Å². The molecule has 1 heterocycles. The predicted molar refractivity (Wildman–Crippen MR) is 70.4 cm³/mol. The predicted octanol–water partition coefficient (Wildman–Crippen LogP) is 2.62. The molecule has 1 unspecified atom stereocenters. The summed E-state index contributed by atoms with van der Waals surface area (Å²) < 4.78 is 0. The van der Waals surface area contributed by atoms with Crippen LogP contribution >= 0.6 is 12.4 Å². The van der Waals surface area contributed by atoms with Gasteiger partial charge in [0.15, 0.2) is 0 Å². The van der Waals surface area contributed by atoms with E-state index in [0.29, 0.717) is 6.04 Å². The highest BCUT2D eigenvalue weighted by Gasteiger charge is 2.22. The maximum Gasteiger partial charge on any atom is 0.0459 e. The Kier molecular flexibility index (Phi) is 2.96. The molecule has 0 saturated heterocycles. The first kappa shape index (κ1) is 11.5. The quantitative estimate of drug-likeness (QED) is 0.807. The van der Waals surface area contributed by atoms with E-state index in [0.717, 1.165) is 0 Å². The molecule has 1 aromatic carbocycles. The molecule has 0 radical (unpaired) electrons. The molecule has 0 spiro atoms. The van der Waals surface area contributed by atoms with E-state index in [1.54, 1.807) is 0 Å². The van der Waals surface area contributed by atoms with Crippen LogP contribution in [0.4, 0.5) is 0 Å². The van der Waals surface area contributed by atoms with E-state index < -0.39 is 0 Å². The Morgan fingerprint density at radius 3 is 2.69 bits per heavy atom. The summed E-state index contributed by atoms with van der Waals surface area (Å²) in [6, 6.07) is 7.22. The molecule has 0 aliphatic heterocycles. The molecule has 3 rings (SSSR count). The van der Waals surface area contributed by atoms with Gasteiger partial charge in [0.2, 0.25) is 0 Å². The molecule has 3 heteroatoms. The largest absolute Gasteiger partial charge is 0.361 e. The van der Waals surface area contributed by atoms with Crippen LogP contribution in [0.3, 0.4) is 0 Å². The van der Waals surface area contributed by atoms with Crippen molar-refractivity contribution in [2.75, 3.05) is 14.1 Å². The third-order valence-electron chi connectivity index (χ3n) is 3.52. The molecule has 1 aromatic heterocycles. The zero-order chi connectivity index (χ0) is 10.4. The summed E-state index contributed by atoms with van der Waals surface area (Å²) >= 11 is 0. The molecular formula is C13H17ClN2. The van der Waals surface area contributed by atoms with Crippen LogP contribution in [0.2, 0.25) is 0 Å². The molecule has 0 saturated carbocycles. The maximum atomic E-state index is 3.36. The molecule has 1 aliphatic rings. The summed E-state index contributed by atoms with van der Waals surface area (Å²) in [7, 11) is 4.34. The van der Waals surface area contributed by atoms with Gasteiger partial charge in [-0.25, -0.2) is 0 Å². The number of nitrogens with zero attached hydrogens (tertiary/aromatic N) is 1. The first-order valence-corrected chi connectivity index (χ1v) is 5.50. The summed E-state index contributed by atoms with van der Waals surface area (Å²) in [4.78, 5) is 5.69. The van der Waals surface area contributed by atoms with E-state index in [9.17, 15) is 0 Å². The Balaban J connectivity index is 0.000000963. The number of rotatable bonds is 1. The Morgan fingerprint density at radius 1 is 1.19 bits per heavy atom. The summed E-state index contributed by atoms with van der Waals surface area (Å²) in [5, 5.41) is 1.47. The molecule has 86 valence electrons. The van der Waals surface area contributed by atoms with Crippen LogP contribution < -0.4 is 0 Å². The zero-order valence-corrected chi connectivity index (χ0v) is 10.5. The molecule has 1 aliphatic carbocycles. The molecule has 0 amide bonds. The van der Waals surface area contributed by atoms with E-state index in [1.807, 2.05) is 0 Å². The van der Waals surface area contributed by atoms with Crippen LogP contribution in [0.5, 0.6) is 0 Å². The smallest absolute Gasteiger partial charge is 0.0459 e. The monoisotopic (exact) mass is 236 g/mol. The highest BCUT2D eigenvalue weighted by atomic mass is 35.5. The van der Waals surface area contributed by atoms with E-state index in [2.05, 4.69) is 48.4 Å². The van der Waals surface area contributed by atoms with Crippen molar-refractivity contribution in [2.24, 2.45) is 0 Å². The van der Waals surface area contributed by atoms with Crippen molar-refractivity contribution in [3.05, 3.63) is 35.5 Å². The van der Waals surface area contributed by atoms with Crippen LogP contribution in [-0.4, -0.2) is 30.0 Å². The number of H-pyrrole nitrogens is 1. The molecular weight excluding hydrogens is 220 g/mol. The number of nitrogens with one attached hydrogen (secondary N) is 1. The molecule has 1 atom stereocenters. The number of hydrogen-bond acceptors (Lipinski definition) is 1. The second-order valence-corrected chi connectivity index (χ2v) is 4.68.